The van der Waals surface area contributed by atoms with Crippen molar-refractivity contribution in [3.05, 3.63) is 35.9 Å². The van der Waals surface area contributed by atoms with Gasteiger partial charge in [-0.15, -0.1) is 0 Å². The Labute approximate surface area is 121 Å². The molecule has 2 unspecified atom stereocenters. The first-order valence-electron chi connectivity index (χ1n) is 7.90. The first kappa shape index (κ1) is 14.1. The molecule has 0 aliphatic carbocycles. The zero-order valence-corrected chi connectivity index (χ0v) is 12.1. The second kappa shape index (κ2) is 6.70. The largest absolute Gasteiger partial charge is 0.388 e. The molecule has 0 saturated carbocycles. The van der Waals surface area contributed by atoms with E-state index in [2.05, 4.69) is 4.90 Å². The Morgan fingerprint density at radius 2 is 1.90 bits per heavy atom. The van der Waals surface area contributed by atoms with Gasteiger partial charge >= 0.3 is 0 Å². The number of likely N-dealkylation sites (tertiary alicyclic amines) is 1. The Bertz CT molecular complexity index is 395. The zero-order valence-electron chi connectivity index (χ0n) is 12.1. The Hall–Kier alpha value is -0.900. The van der Waals surface area contributed by atoms with Crippen LogP contribution in [0, 0.1) is 5.92 Å². The Morgan fingerprint density at radius 3 is 2.55 bits per heavy atom. The van der Waals surface area contributed by atoms with Crippen molar-refractivity contribution in [3.63, 3.8) is 0 Å². The number of aliphatic hydroxyl groups excluding tert-OH is 1. The molecule has 0 bridgehead atoms. The number of aliphatic hydroxyl groups is 1. The van der Waals surface area contributed by atoms with Gasteiger partial charge in [-0.25, -0.2) is 0 Å². The minimum absolute atomic E-state index is 0.305. The van der Waals surface area contributed by atoms with Crippen LogP contribution in [0.15, 0.2) is 30.3 Å². The minimum Gasteiger partial charge on any atom is -0.388 e. The van der Waals surface area contributed by atoms with Crippen LogP contribution in [0.3, 0.4) is 0 Å². The maximum absolute atomic E-state index is 10.5. The molecule has 2 atom stereocenters. The molecule has 0 aromatic heterocycles. The molecule has 0 spiro atoms. The Kier molecular flexibility index (Phi) is 4.71. The summed E-state index contributed by atoms with van der Waals surface area (Å²) in [6.45, 7) is 4.20. The van der Waals surface area contributed by atoms with E-state index in [1.807, 2.05) is 30.3 Å². The van der Waals surface area contributed by atoms with Crippen LogP contribution in [0.4, 0.5) is 0 Å². The number of rotatable bonds is 4. The van der Waals surface area contributed by atoms with Crippen molar-refractivity contribution >= 4 is 0 Å². The molecule has 0 amide bonds. The Balaban J connectivity index is 1.48. The Morgan fingerprint density at radius 1 is 1.15 bits per heavy atom. The standard InChI is InChI=1S/C17H25NO2/c19-17(14-5-2-1-3-6-14)15-8-10-18(11-9-15)13-16-7-4-12-20-16/h1-3,5-6,15-17,19H,4,7-13H2. The monoisotopic (exact) mass is 275 g/mol. The lowest BCUT2D eigenvalue weighted by Crippen LogP contribution is -2.39. The summed E-state index contributed by atoms with van der Waals surface area (Å²) in [4.78, 5) is 2.50. The van der Waals surface area contributed by atoms with Crippen LogP contribution in [-0.2, 0) is 4.74 Å². The van der Waals surface area contributed by atoms with Crippen LogP contribution >= 0.6 is 0 Å². The van der Waals surface area contributed by atoms with Gasteiger partial charge in [0.1, 0.15) is 0 Å². The smallest absolute Gasteiger partial charge is 0.0819 e. The third-order valence-electron chi connectivity index (χ3n) is 4.71. The summed E-state index contributed by atoms with van der Waals surface area (Å²) in [5, 5.41) is 10.5. The summed E-state index contributed by atoms with van der Waals surface area (Å²) < 4.78 is 5.71. The summed E-state index contributed by atoms with van der Waals surface area (Å²) in [5.74, 6) is 0.401. The van der Waals surface area contributed by atoms with Crippen molar-refractivity contribution in [2.45, 2.75) is 37.9 Å². The van der Waals surface area contributed by atoms with Crippen LogP contribution in [0.1, 0.15) is 37.4 Å². The molecule has 3 heteroatoms. The van der Waals surface area contributed by atoms with Crippen molar-refractivity contribution in [2.24, 2.45) is 5.92 Å². The number of benzene rings is 1. The lowest BCUT2D eigenvalue weighted by molar-refractivity contribution is 0.0306. The van der Waals surface area contributed by atoms with Gasteiger partial charge in [-0.2, -0.15) is 0 Å². The maximum Gasteiger partial charge on any atom is 0.0819 e. The van der Waals surface area contributed by atoms with E-state index in [0.717, 1.165) is 44.6 Å². The van der Waals surface area contributed by atoms with Crippen LogP contribution in [-0.4, -0.2) is 42.4 Å². The molecule has 1 N–H and O–H groups in total. The summed E-state index contributed by atoms with van der Waals surface area (Å²) >= 11 is 0. The van der Waals surface area contributed by atoms with E-state index >= 15 is 0 Å². The second-order valence-electron chi connectivity index (χ2n) is 6.13. The predicted octanol–water partition coefficient (Wildman–Crippen LogP) is 2.61. The number of piperidine rings is 1. The molecule has 20 heavy (non-hydrogen) atoms. The van der Waals surface area contributed by atoms with Crippen molar-refractivity contribution in [2.75, 3.05) is 26.2 Å². The van der Waals surface area contributed by atoms with E-state index < -0.39 is 0 Å². The van der Waals surface area contributed by atoms with Gasteiger partial charge < -0.3 is 14.7 Å². The van der Waals surface area contributed by atoms with Crippen LogP contribution in [0.25, 0.3) is 0 Å². The van der Waals surface area contributed by atoms with Gasteiger partial charge in [-0.05, 0) is 50.3 Å². The van der Waals surface area contributed by atoms with Crippen molar-refractivity contribution in [3.8, 4) is 0 Å². The van der Waals surface area contributed by atoms with Gasteiger partial charge in [-0.1, -0.05) is 30.3 Å². The lowest BCUT2D eigenvalue weighted by Gasteiger charge is -2.35. The van der Waals surface area contributed by atoms with Gasteiger partial charge in [0, 0.05) is 13.2 Å². The van der Waals surface area contributed by atoms with Crippen LogP contribution in [0.5, 0.6) is 0 Å². The molecule has 2 saturated heterocycles. The summed E-state index contributed by atoms with van der Waals surface area (Å²) in [5.41, 5.74) is 1.06. The molecular formula is C17H25NO2. The van der Waals surface area contributed by atoms with Gasteiger partial charge in [0.05, 0.1) is 12.2 Å². The molecule has 2 heterocycles. The predicted molar refractivity (Wildman–Crippen MR) is 79.5 cm³/mol. The number of nitrogens with zero attached hydrogens (tertiary/aromatic N) is 1. The van der Waals surface area contributed by atoms with Crippen LogP contribution < -0.4 is 0 Å². The number of ether oxygens (including phenoxy) is 1. The second-order valence-corrected chi connectivity index (χ2v) is 6.13. The number of hydrogen-bond acceptors (Lipinski definition) is 3. The van der Waals surface area contributed by atoms with Crippen molar-refractivity contribution in [1.82, 2.24) is 4.90 Å². The highest BCUT2D eigenvalue weighted by atomic mass is 16.5. The molecule has 0 radical (unpaired) electrons. The molecule has 2 aliphatic rings. The molecule has 1 aromatic carbocycles. The fourth-order valence-electron chi connectivity index (χ4n) is 3.45. The molecule has 3 rings (SSSR count). The summed E-state index contributed by atoms with van der Waals surface area (Å²) in [7, 11) is 0. The molecule has 110 valence electrons. The van der Waals surface area contributed by atoms with Gasteiger partial charge in [-0.3, -0.25) is 0 Å². The molecule has 2 fully saturated rings. The summed E-state index contributed by atoms with van der Waals surface area (Å²) in [6.07, 6.45) is 4.75. The number of hydrogen-bond donors (Lipinski definition) is 1. The van der Waals surface area contributed by atoms with Crippen molar-refractivity contribution < 1.29 is 9.84 Å². The zero-order chi connectivity index (χ0) is 13.8. The highest BCUT2D eigenvalue weighted by Crippen LogP contribution is 2.30. The highest BCUT2D eigenvalue weighted by Gasteiger charge is 2.28. The first-order chi connectivity index (χ1) is 9.83. The van der Waals surface area contributed by atoms with Gasteiger partial charge in [0.2, 0.25) is 0 Å². The first-order valence-corrected chi connectivity index (χ1v) is 7.90. The minimum atomic E-state index is -0.305. The maximum atomic E-state index is 10.5. The normalized spacial score (nSPS) is 26.8. The van der Waals surface area contributed by atoms with E-state index in [1.165, 1.54) is 12.8 Å². The quantitative estimate of drug-likeness (QED) is 0.917. The van der Waals surface area contributed by atoms with Crippen LogP contribution in [0.2, 0.25) is 0 Å². The third-order valence-corrected chi connectivity index (χ3v) is 4.71. The van der Waals surface area contributed by atoms with Gasteiger partial charge in [0.25, 0.3) is 0 Å². The summed E-state index contributed by atoms with van der Waals surface area (Å²) in [6, 6.07) is 10.1. The van der Waals surface area contributed by atoms with E-state index in [9.17, 15) is 5.11 Å². The van der Waals surface area contributed by atoms with Gasteiger partial charge in [0.15, 0.2) is 0 Å². The molecule has 3 nitrogen and oxygen atoms in total. The average Bonchev–Trinajstić information content (AvgIpc) is 3.01. The molecule has 2 aliphatic heterocycles. The third kappa shape index (κ3) is 3.40. The van der Waals surface area contributed by atoms with Crippen molar-refractivity contribution in [1.29, 1.82) is 0 Å². The van der Waals surface area contributed by atoms with E-state index in [1.54, 1.807) is 0 Å². The molecule has 1 aromatic rings. The average molecular weight is 275 g/mol. The SMILES string of the molecule is OC(c1ccccc1)C1CCN(CC2CCCO2)CC1. The lowest BCUT2D eigenvalue weighted by atomic mass is 9.87. The fourth-order valence-corrected chi connectivity index (χ4v) is 3.45. The topological polar surface area (TPSA) is 32.7 Å². The van der Waals surface area contributed by atoms with E-state index in [-0.39, 0.29) is 6.10 Å². The fraction of sp³-hybridized carbons (Fsp3) is 0.647. The highest BCUT2D eigenvalue weighted by molar-refractivity contribution is 5.18. The van der Waals surface area contributed by atoms with E-state index in [4.69, 9.17) is 4.74 Å². The van der Waals surface area contributed by atoms with E-state index in [0.29, 0.717) is 12.0 Å². The molecular weight excluding hydrogens is 250 g/mol.